The van der Waals surface area contributed by atoms with Crippen LogP contribution in [0, 0.1) is 6.92 Å². The zero-order chi connectivity index (χ0) is 19.1. The van der Waals surface area contributed by atoms with Gasteiger partial charge < -0.3 is 9.84 Å². The topological polar surface area (TPSA) is 62.9 Å². The van der Waals surface area contributed by atoms with E-state index in [9.17, 15) is 5.11 Å². The lowest BCUT2D eigenvalue weighted by atomic mass is 10.0. The van der Waals surface area contributed by atoms with Gasteiger partial charge in [-0.05, 0) is 26.3 Å². The van der Waals surface area contributed by atoms with Crippen molar-refractivity contribution in [1.29, 1.82) is 0 Å². The Balaban J connectivity index is 1.81. The van der Waals surface area contributed by atoms with E-state index in [2.05, 4.69) is 60.0 Å². The summed E-state index contributed by atoms with van der Waals surface area (Å²) in [5.41, 5.74) is 2.39. The monoisotopic (exact) mass is 386 g/mol. The van der Waals surface area contributed by atoms with Gasteiger partial charge in [0.25, 0.3) is 0 Å². The average Bonchev–Trinajstić information content (AvgIpc) is 3.16. The molecule has 1 fully saturated rings. The minimum absolute atomic E-state index is 0.0435. The number of hydrogen-bond donors (Lipinski definition) is 1. The van der Waals surface area contributed by atoms with Gasteiger partial charge >= 0.3 is 0 Å². The Bertz CT molecular complexity index is 924. The Kier molecular flexibility index (Phi) is 4.92. The van der Waals surface area contributed by atoms with Crippen molar-refractivity contribution in [2.75, 3.05) is 13.1 Å². The summed E-state index contributed by atoms with van der Waals surface area (Å²) in [6.45, 7) is 9.94. The molecule has 0 saturated carbocycles. The Labute approximate surface area is 163 Å². The maximum absolute atomic E-state index is 11.0. The fourth-order valence-electron chi connectivity index (χ4n) is 3.82. The third-order valence-electron chi connectivity index (χ3n) is 5.01. The SMILES string of the molecule is CCc1nc2sc([C@H](c3ccc(C)cc3)N3C[C@@H](C)O[C@@H](C)C3)c(O)n2n1. The van der Waals surface area contributed by atoms with Crippen LogP contribution in [0.2, 0.25) is 0 Å². The lowest BCUT2D eigenvalue weighted by molar-refractivity contribution is -0.0764. The second-order valence-corrected chi connectivity index (χ2v) is 8.40. The molecule has 0 aliphatic carbocycles. The van der Waals surface area contributed by atoms with E-state index in [0.29, 0.717) is 0 Å². The first-order valence-corrected chi connectivity index (χ1v) is 10.3. The number of nitrogens with zero attached hydrogens (tertiary/aromatic N) is 4. The van der Waals surface area contributed by atoms with E-state index in [-0.39, 0.29) is 24.1 Å². The molecule has 0 amide bonds. The molecule has 2 aromatic heterocycles. The molecule has 4 rings (SSSR count). The Morgan fingerprint density at radius 1 is 1.22 bits per heavy atom. The molecule has 144 valence electrons. The van der Waals surface area contributed by atoms with Gasteiger partial charge in [0.1, 0.15) is 0 Å². The molecule has 3 aromatic rings. The fourth-order valence-corrected chi connectivity index (χ4v) is 4.96. The van der Waals surface area contributed by atoms with Crippen LogP contribution in [0.1, 0.15) is 48.6 Å². The molecule has 0 spiro atoms. The highest BCUT2D eigenvalue weighted by molar-refractivity contribution is 7.17. The highest BCUT2D eigenvalue weighted by atomic mass is 32.1. The molecule has 1 aliphatic heterocycles. The van der Waals surface area contributed by atoms with Gasteiger partial charge in [0.05, 0.1) is 23.1 Å². The van der Waals surface area contributed by atoms with E-state index in [1.54, 1.807) is 4.52 Å². The number of fused-ring (bicyclic) bond motifs is 1. The summed E-state index contributed by atoms with van der Waals surface area (Å²) < 4.78 is 7.51. The van der Waals surface area contributed by atoms with E-state index >= 15 is 0 Å². The van der Waals surface area contributed by atoms with Crippen molar-refractivity contribution in [3.05, 3.63) is 46.1 Å². The maximum atomic E-state index is 11.0. The number of thiazole rings is 1. The minimum Gasteiger partial charge on any atom is -0.492 e. The molecule has 6 nitrogen and oxygen atoms in total. The van der Waals surface area contributed by atoms with Gasteiger partial charge in [-0.1, -0.05) is 48.1 Å². The molecule has 27 heavy (non-hydrogen) atoms. The average molecular weight is 387 g/mol. The lowest BCUT2D eigenvalue weighted by Gasteiger charge is -2.40. The van der Waals surface area contributed by atoms with Gasteiger partial charge in [-0.25, -0.2) is 4.98 Å². The van der Waals surface area contributed by atoms with Crippen LogP contribution in [0.3, 0.4) is 0 Å². The first-order valence-electron chi connectivity index (χ1n) is 9.49. The summed E-state index contributed by atoms with van der Waals surface area (Å²) >= 11 is 1.52. The van der Waals surface area contributed by atoms with Gasteiger partial charge in [-0.15, -0.1) is 5.10 Å². The number of benzene rings is 1. The van der Waals surface area contributed by atoms with Crippen LogP contribution < -0.4 is 0 Å². The Morgan fingerprint density at radius 3 is 2.48 bits per heavy atom. The van der Waals surface area contributed by atoms with Crippen LogP contribution in [0.4, 0.5) is 0 Å². The van der Waals surface area contributed by atoms with Gasteiger partial charge in [0, 0.05) is 19.5 Å². The molecule has 0 unspecified atom stereocenters. The number of aromatic hydroxyl groups is 1. The standard InChI is InChI=1S/C20H26N4O2S/c1-5-16-21-20-24(22-16)19(25)18(27-20)17(15-8-6-12(2)7-9-15)23-10-13(3)26-14(4)11-23/h6-9,13-14,17,25H,5,10-11H2,1-4H3/t13-,14+,17-/m0/s1. The molecular formula is C20H26N4O2S. The van der Waals surface area contributed by atoms with Crippen LogP contribution in [0.5, 0.6) is 5.88 Å². The highest BCUT2D eigenvalue weighted by Gasteiger charge is 2.34. The first kappa shape index (κ1) is 18.4. The molecule has 0 radical (unpaired) electrons. The fraction of sp³-hybridized carbons (Fsp3) is 0.500. The molecular weight excluding hydrogens is 360 g/mol. The second kappa shape index (κ2) is 7.22. The van der Waals surface area contributed by atoms with Gasteiger partial charge in [0.2, 0.25) is 10.8 Å². The minimum atomic E-state index is -0.0435. The van der Waals surface area contributed by atoms with E-state index in [0.717, 1.165) is 40.7 Å². The van der Waals surface area contributed by atoms with E-state index in [4.69, 9.17) is 4.74 Å². The van der Waals surface area contributed by atoms with E-state index in [1.807, 2.05) is 6.92 Å². The normalized spacial score (nSPS) is 22.4. The summed E-state index contributed by atoms with van der Waals surface area (Å²) in [4.78, 5) is 8.57. The van der Waals surface area contributed by atoms with Crippen LogP contribution in [0.25, 0.3) is 4.96 Å². The number of morpholine rings is 1. The van der Waals surface area contributed by atoms with Crippen molar-refractivity contribution >= 4 is 16.3 Å². The van der Waals surface area contributed by atoms with Crippen molar-refractivity contribution in [1.82, 2.24) is 19.5 Å². The summed E-state index contributed by atoms with van der Waals surface area (Å²) in [6.07, 6.45) is 1.05. The van der Waals surface area contributed by atoms with E-state index < -0.39 is 0 Å². The van der Waals surface area contributed by atoms with Crippen LogP contribution in [-0.2, 0) is 11.2 Å². The number of rotatable bonds is 4. The van der Waals surface area contributed by atoms with Gasteiger partial charge in [0.15, 0.2) is 5.82 Å². The van der Waals surface area contributed by atoms with Gasteiger partial charge in [-0.2, -0.15) is 4.52 Å². The quantitative estimate of drug-likeness (QED) is 0.743. The number of aromatic nitrogens is 3. The number of hydrogen-bond acceptors (Lipinski definition) is 6. The largest absolute Gasteiger partial charge is 0.492 e. The zero-order valence-electron chi connectivity index (χ0n) is 16.2. The smallest absolute Gasteiger partial charge is 0.230 e. The van der Waals surface area contributed by atoms with Crippen molar-refractivity contribution in [3.63, 3.8) is 0 Å². The summed E-state index contributed by atoms with van der Waals surface area (Å²) in [6, 6.07) is 8.50. The Morgan fingerprint density at radius 2 is 1.89 bits per heavy atom. The lowest BCUT2D eigenvalue weighted by Crippen LogP contribution is -2.47. The molecule has 3 heterocycles. The van der Waals surface area contributed by atoms with Crippen LogP contribution in [-0.4, -0.2) is 49.9 Å². The summed E-state index contributed by atoms with van der Waals surface area (Å²) in [7, 11) is 0. The number of ether oxygens (including phenoxy) is 1. The second-order valence-electron chi connectivity index (χ2n) is 7.39. The number of aryl methyl sites for hydroxylation is 2. The van der Waals surface area contributed by atoms with Crippen molar-refractivity contribution in [2.24, 2.45) is 0 Å². The molecule has 7 heteroatoms. The van der Waals surface area contributed by atoms with Gasteiger partial charge in [-0.3, -0.25) is 4.90 Å². The van der Waals surface area contributed by atoms with E-state index in [1.165, 1.54) is 16.9 Å². The highest BCUT2D eigenvalue weighted by Crippen LogP contribution is 2.41. The molecule has 1 aromatic carbocycles. The summed E-state index contributed by atoms with van der Waals surface area (Å²) in [5, 5.41) is 15.4. The predicted octanol–water partition coefficient (Wildman–Crippen LogP) is 3.57. The zero-order valence-corrected chi connectivity index (χ0v) is 17.0. The third kappa shape index (κ3) is 3.47. The molecule has 1 saturated heterocycles. The van der Waals surface area contributed by atoms with Crippen LogP contribution >= 0.6 is 11.3 Å². The molecule has 1 N–H and O–H groups in total. The van der Waals surface area contributed by atoms with Crippen molar-refractivity contribution in [3.8, 4) is 5.88 Å². The molecule has 1 aliphatic rings. The molecule has 3 atom stereocenters. The maximum Gasteiger partial charge on any atom is 0.230 e. The predicted molar refractivity (Wildman–Crippen MR) is 107 cm³/mol. The first-order chi connectivity index (χ1) is 13.0. The molecule has 0 bridgehead atoms. The van der Waals surface area contributed by atoms with Crippen molar-refractivity contribution in [2.45, 2.75) is 52.4 Å². The van der Waals surface area contributed by atoms with Crippen LogP contribution in [0.15, 0.2) is 24.3 Å². The summed E-state index contributed by atoms with van der Waals surface area (Å²) in [5.74, 6) is 0.947. The Hall–Kier alpha value is -1.96. The third-order valence-corrected chi connectivity index (χ3v) is 6.09. The van der Waals surface area contributed by atoms with Crippen molar-refractivity contribution < 1.29 is 9.84 Å².